The molecule has 0 bridgehead atoms. The third-order valence-electron chi connectivity index (χ3n) is 4.22. The molecule has 1 saturated heterocycles. The van der Waals surface area contributed by atoms with Crippen molar-refractivity contribution in [1.29, 1.82) is 0 Å². The second-order valence-corrected chi connectivity index (χ2v) is 6.65. The SMILES string of the molecule is CCC1(CC)CC(NC(=O)c2ccc(I)cc2)CCO1. The number of carbonyl (C=O) groups excluding carboxylic acids is 1. The van der Waals surface area contributed by atoms with Gasteiger partial charge in [-0.15, -0.1) is 0 Å². The van der Waals surface area contributed by atoms with Gasteiger partial charge in [0.15, 0.2) is 0 Å². The summed E-state index contributed by atoms with van der Waals surface area (Å²) in [5, 5.41) is 3.16. The zero-order chi connectivity index (χ0) is 14.6. The summed E-state index contributed by atoms with van der Waals surface area (Å²) in [6.07, 6.45) is 3.81. The summed E-state index contributed by atoms with van der Waals surface area (Å²) in [6, 6.07) is 7.89. The number of ether oxygens (including phenoxy) is 1. The van der Waals surface area contributed by atoms with Gasteiger partial charge in [-0.25, -0.2) is 0 Å². The molecular weight excluding hydrogens is 365 g/mol. The van der Waals surface area contributed by atoms with Crippen LogP contribution in [-0.4, -0.2) is 24.2 Å². The van der Waals surface area contributed by atoms with Gasteiger partial charge in [0.05, 0.1) is 5.60 Å². The first-order chi connectivity index (χ1) is 9.58. The Balaban J connectivity index is 1.99. The van der Waals surface area contributed by atoms with Gasteiger partial charge in [-0.1, -0.05) is 13.8 Å². The van der Waals surface area contributed by atoms with Gasteiger partial charge in [0.2, 0.25) is 0 Å². The van der Waals surface area contributed by atoms with Crippen LogP contribution >= 0.6 is 22.6 Å². The van der Waals surface area contributed by atoms with E-state index in [0.717, 1.165) is 41.4 Å². The summed E-state index contributed by atoms with van der Waals surface area (Å²) in [7, 11) is 0. The average Bonchev–Trinajstić information content (AvgIpc) is 2.48. The molecule has 1 aliphatic rings. The number of benzene rings is 1. The molecule has 3 nitrogen and oxygen atoms in total. The molecule has 0 aromatic heterocycles. The Kier molecular flexibility index (Phi) is 5.43. The molecule has 1 atom stereocenters. The van der Waals surface area contributed by atoms with Crippen LogP contribution in [0.1, 0.15) is 49.9 Å². The van der Waals surface area contributed by atoms with Crippen LogP contribution in [0.3, 0.4) is 0 Å². The highest BCUT2D eigenvalue weighted by Gasteiger charge is 2.35. The van der Waals surface area contributed by atoms with Crippen molar-refractivity contribution in [2.45, 2.75) is 51.2 Å². The van der Waals surface area contributed by atoms with Crippen molar-refractivity contribution in [3.63, 3.8) is 0 Å². The minimum absolute atomic E-state index is 0.0226. The first-order valence-electron chi connectivity index (χ1n) is 7.29. The standard InChI is InChI=1S/C16H22INO2/c1-3-16(4-2)11-14(9-10-20-16)18-15(19)12-5-7-13(17)8-6-12/h5-8,14H,3-4,9-11H2,1-2H3,(H,18,19). The van der Waals surface area contributed by atoms with E-state index in [1.807, 2.05) is 24.3 Å². The summed E-state index contributed by atoms with van der Waals surface area (Å²) in [5.74, 6) is 0.0226. The number of halogens is 1. The molecule has 1 aromatic rings. The molecule has 110 valence electrons. The first kappa shape index (κ1) is 15.8. The molecule has 0 spiro atoms. The van der Waals surface area contributed by atoms with Gasteiger partial charge in [-0.05, 0) is 72.5 Å². The van der Waals surface area contributed by atoms with E-state index in [4.69, 9.17) is 4.74 Å². The van der Waals surface area contributed by atoms with Crippen LogP contribution in [0.4, 0.5) is 0 Å². The van der Waals surface area contributed by atoms with Crippen molar-refractivity contribution in [3.05, 3.63) is 33.4 Å². The van der Waals surface area contributed by atoms with Gasteiger partial charge in [-0.2, -0.15) is 0 Å². The smallest absolute Gasteiger partial charge is 0.251 e. The molecule has 0 saturated carbocycles. The van der Waals surface area contributed by atoms with E-state index in [2.05, 4.69) is 41.8 Å². The Hall–Kier alpha value is -0.620. The van der Waals surface area contributed by atoms with Crippen LogP contribution in [-0.2, 0) is 4.74 Å². The van der Waals surface area contributed by atoms with Crippen LogP contribution in [0.5, 0.6) is 0 Å². The second kappa shape index (κ2) is 6.89. The number of hydrogen-bond acceptors (Lipinski definition) is 2. The fourth-order valence-electron chi connectivity index (χ4n) is 2.76. The summed E-state index contributed by atoms with van der Waals surface area (Å²) < 4.78 is 7.08. The lowest BCUT2D eigenvalue weighted by Gasteiger charge is -2.40. The Morgan fingerprint density at radius 3 is 2.60 bits per heavy atom. The molecule has 1 fully saturated rings. The lowest BCUT2D eigenvalue weighted by Crippen LogP contribution is -2.48. The van der Waals surface area contributed by atoms with Crippen molar-refractivity contribution in [2.24, 2.45) is 0 Å². The normalized spacial score (nSPS) is 21.4. The highest BCUT2D eigenvalue weighted by atomic mass is 127. The topological polar surface area (TPSA) is 38.3 Å². The maximum atomic E-state index is 12.3. The number of rotatable bonds is 4. The lowest BCUT2D eigenvalue weighted by molar-refractivity contribution is -0.0917. The summed E-state index contributed by atoms with van der Waals surface area (Å²) in [4.78, 5) is 12.3. The van der Waals surface area contributed by atoms with E-state index in [1.54, 1.807) is 0 Å². The van der Waals surface area contributed by atoms with Gasteiger partial charge in [0.25, 0.3) is 5.91 Å². The second-order valence-electron chi connectivity index (χ2n) is 5.41. The molecule has 4 heteroatoms. The highest BCUT2D eigenvalue weighted by Crippen LogP contribution is 2.31. The van der Waals surface area contributed by atoms with Crippen LogP contribution in [0.2, 0.25) is 0 Å². The maximum Gasteiger partial charge on any atom is 0.251 e. The van der Waals surface area contributed by atoms with Gasteiger partial charge in [0, 0.05) is 21.8 Å². The molecule has 1 unspecified atom stereocenters. The quantitative estimate of drug-likeness (QED) is 0.800. The number of amides is 1. The van der Waals surface area contributed by atoms with Crippen LogP contribution in [0.25, 0.3) is 0 Å². The predicted molar refractivity (Wildman–Crippen MR) is 88.9 cm³/mol. The molecule has 1 aliphatic heterocycles. The van der Waals surface area contributed by atoms with E-state index in [1.165, 1.54) is 0 Å². The molecule has 1 amide bonds. The molecule has 1 aromatic carbocycles. The Morgan fingerprint density at radius 2 is 2.00 bits per heavy atom. The summed E-state index contributed by atoms with van der Waals surface area (Å²) in [6.45, 7) is 5.05. The molecule has 2 rings (SSSR count). The summed E-state index contributed by atoms with van der Waals surface area (Å²) >= 11 is 2.24. The van der Waals surface area contributed by atoms with E-state index < -0.39 is 0 Å². The van der Waals surface area contributed by atoms with Crippen LogP contribution in [0, 0.1) is 3.57 Å². The predicted octanol–water partition coefficient (Wildman–Crippen LogP) is 3.76. The third-order valence-corrected chi connectivity index (χ3v) is 4.94. The highest BCUT2D eigenvalue weighted by molar-refractivity contribution is 14.1. The van der Waals surface area contributed by atoms with E-state index in [-0.39, 0.29) is 17.6 Å². The number of nitrogens with one attached hydrogen (secondary N) is 1. The fourth-order valence-corrected chi connectivity index (χ4v) is 3.12. The summed E-state index contributed by atoms with van der Waals surface area (Å²) in [5.41, 5.74) is 0.679. The van der Waals surface area contributed by atoms with Gasteiger partial charge in [0.1, 0.15) is 0 Å². The average molecular weight is 387 g/mol. The monoisotopic (exact) mass is 387 g/mol. The fraction of sp³-hybridized carbons (Fsp3) is 0.562. The van der Waals surface area contributed by atoms with Crippen molar-refractivity contribution < 1.29 is 9.53 Å². The van der Waals surface area contributed by atoms with E-state index >= 15 is 0 Å². The zero-order valence-corrected chi connectivity index (χ0v) is 14.3. The third kappa shape index (κ3) is 3.73. The first-order valence-corrected chi connectivity index (χ1v) is 8.37. The van der Waals surface area contributed by atoms with Crippen LogP contribution < -0.4 is 5.32 Å². The maximum absolute atomic E-state index is 12.3. The Labute approximate surface area is 134 Å². The molecule has 0 radical (unpaired) electrons. The Morgan fingerprint density at radius 1 is 1.35 bits per heavy atom. The van der Waals surface area contributed by atoms with Crippen molar-refractivity contribution >= 4 is 28.5 Å². The van der Waals surface area contributed by atoms with Crippen molar-refractivity contribution in [3.8, 4) is 0 Å². The largest absolute Gasteiger partial charge is 0.375 e. The zero-order valence-electron chi connectivity index (χ0n) is 12.1. The van der Waals surface area contributed by atoms with E-state index in [0.29, 0.717) is 0 Å². The molecule has 0 aliphatic carbocycles. The molecule has 20 heavy (non-hydrogen) atoms. The molecule has 1 heterocycles. The Bertz CT molecular complexity index is 454. The number of carbonyl (C=O) groups is 1. The van der Waals surface area contributed by atoms with Crippen molar-refractivity contribution in [2.75, 3.05) is 6.61 Å². The van der Waals surface area contributed by atoms with Crippen molar-refractivity contribution in [1.82, 2.24) is 5.32 Å². The van der Waals surface area contributed by atoms with Gasteiger partial charge in [-0.3, -0.25) is 4.79 Å². The molecule has 1 N–H and O–H groups in total. The van der Waals surface area contributed by atoms with Gasteiger partial charge < -0.3 is 10.1 Å². The minimum Gasteiger partial charge on any atom is -0.375 e. The number of hydrogen-bond donors (Lipinski definition) is 1. The van der Waals surface area contributed by atoms with Crippen LogP contribution in [0.15, 0.2) is 24.3 Å². The van der Waals surface area contributed by atoms with Gasteiger partial charge >= 0.3 is 0 Å². The molecular formula is C16H22INO2. The minimum atomic E-state index is -0.0533. The van der Waals surface area contributed by atoms with E-state index in [9.17, 15) is 4.79 Å². The lowest BCUT2D eigenvalue weighted by atomic mass is 9.86.